The van der Waals surface area contributed by atoms with Crippen LogP contribution < -0.4 is 10.1 Å². The summed E-state index contributed by atoms with van der Waals surface area (Å²) in [6.45, 7) is 8.56. The van der Waals surface area contributed by atoms with Crippen LogP contribution in [-0.4, -0.2) is 32.5 Å². The summed E-state index contributed by atoms with van der Waals surface area (Å²) >= 11 is 1.41. The van der Waals surface area contributed by atoms with Crippen LogP contribution in [0.4, 0.5) is 4.39 Å². The van der Waals surface area contributed by atoms with E-state index < -0.39 is 5.82 Å². The van der Waals surface area contributed by atoms with E-state index >= 15 is 0 Å². The molecule has 180 valence electrons. The van der Waals surface area contributed by atoms with Gasteiger partial charge in [-0.2, -0.15) is 0 Å². The Kier molecular flexibility index (Phi) is 7.62. The highest BCUT2D eigenvalue weighted by atomic mass is 32.2. The number of ether oxygens (including phenoxy) is 1. The molecule has 33 heavy (non-hydrogen) atoms. The highest BCUT2D eigenvalue weighted by Gasteiger charge is 2.43. The number of hydrogen-bond acceptors (Lipinski definition) is 5. The third-order valence-corrected chi connectivity index (χ3v) is 8.41. The topological polar surface area (TPSA) is 69.0 Å². The molecule has 8 heteroatoms. The van der Waals surface area contributed by atoms with Gasteiger partial charge in [-0.25, -0.2) is 4.39 Å². The van der Waals surface area contributed by atoms with Gasteiger partial charge in [-0.15, -0.1) is 10.2 Å². The van der Waals surface area contributed by atoms with Gasteiger partial charge >= 0.3 is 0 Å². The first kappa shape index (κ1) is 24.0. The fourth-order valence-electron chi connectivity index (χ4n) is 5.29. The predicted molar refractivity (Wildman–Crippen MR) is 128 cm³/mol. The SMILES string of the molecule is CC(C)C(C)NC(=O)CSc1nnc(COc2ccccc2F)n1C(C)C1CC2CCC1C2. The molecule has 2 aliphatic rings. The van der Waals surface area contributed by atoms with E-state index in [-0.39, 0.29) is 36.1 Å². The Balaban J connectivity index is 1.50. The Morgan fingerprint density at radius 1 is 1.21 bits per heavy atom. The lowest BCUT2D eigenvalue weighted by Gasteiger charge is -2.30. The fraction of sp³-hybridized carbons (Fsp3) is 0.640. The van der Waals surface area contributed by atoms with E-state index in [1.165, 1.54) is 43.5 Å². The third kappa shape index (κ3) is 5.53. The van der Waals surface area contributed by atoms with Gasteiger partial charge in [0.15, 0.2) is 22.5 Å². The van der Waals surface area contributed by atoms with Crippen molar-refractivity contribution in [2.45, 2.75) is 77.2 Å². The van der Waals surface area contributed by atoms with Gasteiger partial charge in [0.25, 0.3) is 0 Å². The molecule has 0 radical (unpaired) electrons. The summed E-state index contributed by atoms with van der Waals surface area (Å²) in [5.41, 5.74) is 0. The maximum absolute atomic E-state index is 14.1. The molecule has 2 bridgehead atoms. The van der Waals surface area contributed by atoms with E-state index in [0.29, 0.717) is 17.7 Å². The number of thioether (sulfide) groups is 1. The van der Waals surface area contributed by atoms with Crippen LogP contribution in [0.3, 0.4) is 0 Å². The Morgan fingerprint density at radius 2 is 2.00 bits per heavy atom. The van der Waals surface area contributed by atoms with Crippen molar-refractivity contribution >= 4 is 17.7 Å². The molecule has 4 rings (SSSR count). The van der Waals surface area contributed by atoms with Gasteiger partial charge in [-0.3, -0.25) is 9.36 Å². The molecule has 1 heterocycles. The average molecular weight is 475 g/mol. The second-order valence-corrected chi connectivity index (χ2v) is 10.9. The van der Waals surface area contributed by atoms with Crippen molar-refractivity contribution in [1.82, 2.24) is 20.1 Å². The van der Waals surface area contributed by atoms with Crippen LogP contribution >= 0.6 is 11.8 Å². The molecule has 5 unspecified atom stereocenters. The summed E-state index contributed by atoms with van der Waals surface area (Å²) in [6.07, 6.45) is 5.18. The van der Waals surface area contributed by atoms with E-state index in [4.69, 9.17) is 4.74 Å². The van der Waals surface area contributed by atoms with Crippen molar-refractivity contribution in [3.8, 4) is 5.75 Å². The Labute approximate surface area is 200 Å². The van der Waals surface area contributed by atoms with Crippen LogP contribution in [0.1, 0.15) is 65.2 Å². The lowest BCUT2D eigenvalue weighted by Crippen LogP contribution is -2.37. The number of rotatable bonds is 10. The highest BCUT2D eigenvalue weighted by Crippen LogP contribution is 2.52. The third-order valence-electron chi connectivity index (χ3n) is 7.47. The van der Waals surface area contributed by atoms with Crippen LogP contribution in [0, 0.1) is 29.5 Å². The highest BCUT2D eigenvalue weighted by molar-refractivity contribution is 7.99. The molecule has 0 aliphatic heterocycles. The molecule has 0 spiro atoms. The minimum absolute atomic E-state index is 0.00696. The molecule has 2 aromatic rings. The second-order valence-electron chi connectivity index (χ2n) is 9.96. The first-order valence-electron chi connectivity index (χ1n) is 12.1. The van der Waals surface area contributed by atoms with Crippen molar-refractivity contribution < 1.29 is 13.9 Å². The zero-order valence-corrected chi connectivity index (χ0v) is 20.8. The lowest BCUT2D eigenvalue weighted by atomic mass is 9.84. The van der Waals surface area contributed by atoms with E-state index in [1.54, 1.807) is 18.2 Å². The number of hydrogen-bond donors (Lipinski definition) is 1. The van der Waals surface area contributed by atoms with Crippen LogP contribution in [0.25, 0.3) is 0 Å². The van der Waals surface area contributed by atoms with Crippen LogP contribution in [-0.2, 0) is 11.4 Å². The molecule has 1 aromatic carbocycles. The number of fused-ring (bicyclic) bond motifs is 2. The summed E-state index contributed by atoms with van der Waals surface area (Å²) < 4.78 is 22.0. The maximum atomic E-state index is 14.1. The maximum Gasteiger partial charge on any atom is 0.230 e. The largest absolute Gasteiger partial charge is 0.483 e. The lowest BCUT2D eigenvalue weighted by molar-refractivity contribution is -0.119. The first-order chi connectivity index (χ1) is 15.8. The van der Waals surface area contributed by atoms with Gasteiger partial charge in [-0.1, -0.05) is 44.2 Å². The van der Waals surface area contributed by atoms with Gasteiger partial charge in [0.05, 0.1) is 5.75 Å². The smallest absolute Gasteiger partial charge is 0.230 e. The molecule has 6 nitrogen and oxygen atoms in total. The van der Waals surface area contributed by atoms with Crippen molar-refractivity contribution in [3.05, 3.63) is 35.9 Å². The monoisotopic (exact) mass is 474 g/mol. The number of amides is 1. The molecule has 1 aromatic heterocycles. The zero-order chi connectivity index (χ0) is 23.5. The van der Waals surface area contributed by atoms with Gasteiger partial charge < -0.3 is 10.1 Å². The van der Waals surface area contributed by atoms with Crippen molar-refractivity contribution in [1.29, 1.82) is 0 Å². The molecule has 1 N–H and O–H groups in total. The number of aromatic nitrogens is 3. The van der Waals surface area contributed by atoms with E-state index in [0.717, 1.165) is 17.0 Å². The molecule has 0 saturated heterocycles. The zero-order valence-electron chi connectivity index (χ0n) is 20.0. The summed E-state index contributed by atoms with van der Waals surface area (Å²) in [5, 5.41) is 12.6. The molecule has 2 saturated carbocycles. The Hall–Kier alpha value is -2.09. The number of benzene rings is 1. The van der Waals surface area contributed by atoms with E-state index in [1.807, 2.05) is 6.92 Å². The normalized spacial score (nSPS) is 23.6. The summed E-state index contributed by atoms with van der Waals surface area (Å²) in [6, 6.07) is 6.71. The Morgan fingerprint density at radius 3 is 2.67 bits per heavy atom. The fourth-order valence-corrected chi connectivity index (χ4v) is 6.14. The number of carbonyl (C=O) groups is 1. The van der Waals surface area contributed by atoms with E-state index in [9.17, 15) is 9.18 Å². The van der Waals surface area contributed by atoms with Crippen molar-refractivity contribution in [2.75, 3.05) is 5.75 Å². The number of carbonyl (C=O) groups excluding carboxylic acids is 1. The number of halogens is 1. The summed E-state index contributed by atoms with van der Waals surface area (Å²) in [5.74, 6) is 3.28. The molecule has 2 aliphatic carbocycles. The van der Waals surface area contributed by atoms with Gasteiger partial charge in [0.2, 0.25) is 5.91 Å². The van der Waals surface area contributed by atoms with Crippen molar-refractivity contribution in [2.24, 2.45) is 23.7 Å². The molecule has 1 amide bonds. The minimum atomic E-state index is -0.393. The Bertz CT molecular complexity index is 966. The number of nitrogens with one attached hydrogen (secondary N) is 1. The summed E-state index contributed by atoms with van der Waals surface area (Å²) in [7, 11) is 0. The van der Waals surface area contributed by atoms with Gasteiger partial charge in [0, 0.05) is 12.1 Å². The molecular weight excluding hydrogens is 439 g/mol. The average Bonchev–Trinajstić information content (AvgIpc) is 3.52. The van der Waals surface area contributed by atoms with Crippen LogP contribution in [0.2, 0.25) is 0 Å². The van der Waals surface area contributed by atoms with Crippen LogP contribution in [0.15, 0.2) is 29.4 Å². The first-order valence-corrected chi connectivity index (χ1v) is 13.0. The van der Waals surface area contributed by atoms with E-state index in [2.05, 4.69) is 40.9 Å². The van der Waals surface area contributed by atoms with Gasteiger partial charge in [-0.05, 0) is 68.9 Å². The van der Waals surface area contributed by atoms with Gasteiger partial charge in [0.1, 0.15) is 6.61 Å². The van der Waals surface area contributed by atoms with Crippen molar-refractivity contribution in [3.63, 3.8) is 0 Å². The number of nitrogens with zero attached hydrogens (tertiary/aromatic N) is 3. The standard InChI is InChI=1S/C25H35FN4O2S/c1-15(2)16(3)27-24(31)14-33-25-29-28-23(13-32-22-8-6-5-7-21(22)26)30(25)17(4)20-12-18-9-10-19(20)11-18/h5-8,15-20H,9-14H2,1-4H3,(H,27,31). The predicted octanol–water partition coefficient (Wildman–Crippen LogP) is 5.25. The molecule has 5 atom stereocenters. The quantitative estimate of drug-likeness (QED) is 0.477. The van der Waals surface area contributed by atoms with Crippen LogP contribution in [0.5, 0.6) is 5.75 Å². The second kappa shape index (κ2) is 10.5. The molecular formula is C25H35FN4O2S. The molecule has 2 fully saturated rings. The number of para-hydroxylation sites is 1. The summed E-state index contributed by atoms with van der Waals surface area (Å²) in [4.78, 5) is 12.5. The minimum Gasteiger partial charge on any atom is -0.483 e.